The zero-order valence-electron chi connectivity index (χ0n) is 34.3. The smallest absolute Gasteiger partial charge is 0.243 e. The fourth-order valence-electron chi connectivity index (χ4n) is 5.75. The van der Waals surface area contributed by atoms with Gasteiger partial charge < -0.3 is 61.4 Å². The Hall–Kier alpha value is -5.10. The van der Waals surface area contributed by atoms with Crippen molar-refractivity contribution in [2.75, 3.05) is 26.2 Å². The number of nitrogens with one attached hydrogen (secondary N) is 4. The van der Waals surface area contributed by atoms with Crippen molar-refractivity contribution in [1.29, 1.82) is 0 Å². The number of hydrogen-bond acceptors (Lipinski definition) is 8. The number of nitrogens with two attached hydrogens (primary N) is 7. The van der Waals surface area contributed by atoms with Crippen LogP contribution in [-0.4, -0.2) is 91.7 Å². The minimum Gasteiger partial charge on any atom is -0.370 e. The summed E-state index contributed by atoms with van der Waals surface area (Å²) in [5, 5.41) is 10.5. The second-order valence-corrected chi connectivity index (χ2v) is 14.1. The Morgan fingerprint density at radius 3 is 1.35 bits per heavy atom. The molecule has 19 nitrogen and oxygen atoms in total. The van der Waals surface area contributed by atoms with Crippen LogP contribution in [0.3, 0.4) is 0 Å². The Balaban J connectivity index is 5.13. The fourth-order valence-corrected chi connectivity index (χ4v) is 5.75. The van der Waals surface area contributed by atoms with Crippen LogP contribution in [0.4, 0.5) is 0 Å². The zero-order valence-corrected chi connectivity index (χ0v) is 34.3. The Kier molecular flexibility index (Phi) is 31.1. The molecule has 18 N–H and O–H groups in total. The van der Waals surface area contributed by atoms with Gasteiger partial charge in [0.2, 0.25) is 29.5 Å². The third-order valence-corrected chi connectivity index (χ3v) is 8.89. The Bertz CT molecular complexity index is 1280. The summed E-state index contributed by atoms with van der Waals surface area (Å²) in [5.41, 5.74) is 37.9. The Morgan fingerprint density at radius 1 is 0.491 bits per heavy atom. The van der Waals surface area contributed by atoms with Gasteiger partial charge in [-0.05, 0) is 70.6 Å². The van der Waals surface area contributed by atoms with Crippen LogP contribution in [0.1, 0.15) is 135 Å². The molecule has 19 heteroatoms. The van der Waals surface area contributed by atoms with Crippen molar-refractivity contribution in [2.45, 2.75) is 153 Å². The first-order chi connectivity index (χ1) is 27.3. The normalized spacial score (nSPS) is 12.4. The van der Waals surface area contributed by atoms with Gasteiger partial charge in [-0.3, -0.25) is 38.9 Å². The van der Waals surface area contributed by atoms with Crippen molar-refractivity contribution >= 4 is 47.4 Å². The second kappa shape index (κ2) is 34.2. The van der Waals surface area contributed by atoms with E-state index in [1.807, 2.05) is 0 Å². The molecule has 0 aliphatic rings. The molecule has 0 rings (SSSR count). The van der Waals surface area contributed by atoms with Crippen LogP contribution >= 0.6 is 0 Å². The molecule has 0 bridgehead atoms. The van der Waals surface area contributed by atoms with E-state index in [-0.39, 0.29) is 82.1 Å². The van der Waals surface area contributed by atoms with E-state index < -0.39 is 41.8 Å². The van der Waals surface area contributed by atoms with E-state index in [2.05, 4.69) is 55.3 Å². The molecule has 0 aromatic heterocycles. The van der Waals surface area contributed by atoms with E-state index in [1.165, 1.54) is 38.5 Å². The highest BCUT2D eigenvalue weighted by Gasteiger charge is 2.29. The summed E-state index contributed by atoms with van der Waals surface area (Å²) in [6.07, 6.45) is 21.1. The number of amides is 5. The molecule has 0 fully saturated rings. The molecular weight excluding hydrogens is 733 g/mol. The minimum atomic E-state index is -1.16. The quantitative estimate of drug-likeness (QED) is 0.0178. The molecule has 0 spiro atoms. The average molecular weight is 807 g/mol. The van der Waals surface area contributed by atoms with Gasteiger partial charge in [-0.15, -0.1) is 0 Å². The van der Waals surface area contributed by atoms with E-state index >= 15 is 0 Å². The number of allylic oxidation sites excluding steroid dienone is 2. The molecule has 5 amide bonds. The summed E-state index contributed by atoms with van der Waals surface area (Å²) >= 11 is 0. The molecule has 0 heterocycles. The lowest BCUT2D eigenvalue weighted by atomic mass is 10.1. The zero-order chi connectivity index (χ0) is 42.7. The van der Waals surface area contributed by atoms with E-state index in [1.54, 1.807) is 0 Å². The molecule has 3 atom stereocenters. The number of carbonyl (C=O) groups excluding carboxylic acids is 5. The van der Waals surface area contributed by atoms with Crippen LogP contribution in [-0.2, 0) is 24.0 Å². The van der Waals surface area contributed by atoms with E-state index in [0.29, 0.717) is 19.3 Å². The van der Waals surface area contributed by atoms with Crippen molar-refractivity contribution in [1.82, 2.24) is 21.3 Å². The molecule has 326 valence electrons. The van der Waals surface area contributed by atoms with Gasteiger partial charge in [0, 0.05) is 26.1 Å². The molecule has 0 aromatic carbocycles. The SMILES string of the molecule is CCCCCCCC/C=C\CCCCCCCC(=O)NCC(=O)N[C@@H](CCCN=C(N)N)C(=O)N[C@@H](CCCN=C(N)N)C(=O)N[C@@H](CCCN=C(N)N)C(N)=O. The van der Waals surface area contributed by atoms with Gasteiger partial charge in [0.15, 0.2) is 17.9 Å². The topological polar surface area (TPSA) is 353 Å². The Labute approximate surface area is 339 Å². The number of rotatable bonds is 35. The van der Waals surface area contributed by atoms with Crippen molar-refractivity contribution in [3.8, 4) is 0 Å². The largest absolute Gasteiger partial charge is 0.370 e. The van der Waals surface area contributed by atoms with Crippen molar-refractivity contribution in [2.24, 2.45) is 55.1 Å². The number of carbonyl (C=O) groups is 5. The maximum atomic E-state index is 13.6. The maximum Gasteiger partial charge on any atom is 0.243 e. The lowest BCUT2D eigenvalue weighted by Crippen LogP contribution is -2.57. The van der Waals surface area contributed by atoms with Crippen LogP contribution in [0.25, 0.3) is 0 Å². The molecular formula is C38H74N14O5. The van der Waals surface area contributed by atoms with Gasteiger partial charge in [-0.1, -0.05) is 70.4 Å². The third-order valence-electron chi connectivity index (χ3n) is 8.89. The first-order valence-electron chi connectivity index (χ1n) is 20.5. The van der Waals surface area contributed by atoms with Gasteiger partial charge in [0.1, 0.15) is 18.1 Å². The molecule has 0 aliphatic heterocycles. The summed E-state index contributed by atoms with van der Waals surface area (Å²) in [7, 11) is 0. The monoisotopic (exact) mass is 807 g/mol. The number of nitrogens with zero attached hydrogens (tertiary/aromatic N) is 3. The molecule has 0 aliphatic carbocycles. The first kappa shape index (κ1) is 51.9. The molecule has 57 heavy (non-hydrogen) atoms. The highest BCUT2D eigenvalue weighted by molar-refractivity contribution is 5.94. The van der Waals surface area contributed by atoms with Crippen LogP contribution in [0.2, 0.25) is 0 Å². The molecule has 0 radical (unpaired) electrons. The van der Waals surface area contributed by atoms with Crippen molar-refractivity contribution in [3.63, 3.8) is 0 Å². The molecule has 0 saturated carbocycles. The van der Waals surface area contributed by atoms with Crippen LogP contribution in [0.15, 0.2) is 27.1 Å². The predicted octanol–water partition coefficient (Wildman–Crippen LogP) is 0.241. The average Bonchev–Trinajstić information content (AvgIpc) is 3.15. The fraction of sp³-hybridized carbons (Fsp3) is 0.737. The summed E-state index contributed by atoms with van der Waals surface area (Å²) in [6, 6.07) is -3.35. The van der Waals surface area contributed by atoms with E-state index in [0.717, 1.165) is 38.5 Å². The molecule has 0 aromatic rings. The van der Waals surface area contributed by atoms with Crippen LogP contribution in [0.5, 0.6) is 0 Å². The van der Waals surface area contributed by atoms with Gasteiger partial charge in [-0.2, -0.15) is 0 Å². The predicted molar refractivity (Wildman–Crippen MR) is 227 cm³/mol. The van der Waals surface area contributed by atoms with Gasteiger partial charge >= 0.3 is 0 Å². The Morgan fingerprint density at radius 2 is 0.895 bits per heavy atom. The number of guanidine groups is 3. The van der Waals surface area contributed by atoms with E-state index in [9.17, 15) is 24.0 Å². The lowest BCUT2D eigenvalue weighted by Gasteiger charge is -2.25. The van der Waals surface area contributed by atoms with Gasteiger partial charge in [-0.25, -0.2) is 0 Å². The van der Waals surface area contributed by atoms with Gasteiger partial charge in [0.25, 0.3) is 0 Å². The second-order valence-electron chi connectivity index (χ2n) is 14.1. The number of primary amides is 1. The maximum absolute atomic E-state index is 13.6. The first-order valence-corrected chi connectivity index (χ1v) is 20.5. The van der Waals surface area contributed by atoms with Gasteiger partial charge in [0.05, 0.1) is 6.54 Å². The third kappa shape index (κ3) is 31.8. The van der Waals surface area contributed by atoms with Crippen LogP contribution in [0, 0.1) is 0 Å². The summed E-state index contributed by atoms with van der Waals surface area (Å²) in [5.74, 6) is -3.41. The number of unbranched alkanes of at least 4 members (excludes halogenated alkanes) is 11. The number of aliphatic imine (C=N–C) groups is 3. The number of hydrogen-bond donors (Lipinski definition) is 11. The van der Waals surface area contributed by atoms with Crippen LogP contribution < -0.4 is 61.4 Å². The lowest BCUT2D eigenvalue weighted by molar-refractivity contribution is -0.133. The van der Waals surface area contributed by atoms with E-state index in [4.69, 9.17) is 40.1 Å². The highest BCUT2D eigenvalue weighted by Crippen LogP contribution is 2.10. The van der Waals surface area contributed by atoms with Crippen molar-refractivity contribution in [3.05, 3.63) is 12.2 Å². The summed E-state index contributed by atoms with van der Waals surface area (Å²) in [4.78, 5) is 76.2. The molecule has 0 unspecified atom stereocenters. The summed E-state index contributed by atoms with van der Waals surface area (Å²) in [6.45, 7) is 2.44. The highest BCUT2D eigenvalue weighted by atomic mass is 16.2. The molecule has 0 saturated heterocycles. The van der Waals surface area contributed by atoms with Crippen molar-refractivity contribution < 1.29 is 24.0 Å². The standard InChI is InChI=1S/C38H74N14O5/c1-2-3-4-5-6-7-8-9-10-11-12-13-14-15-16-23-31(53)49-27-32(54)50-29(21-18-25-47-37(42)43)34(56)52-30(22-19-26-48-38(44)45)35(57)51-28(33(39)55)20-17-24-46-36(40)41/h9-10,28-30H,2-8,11-27H2,1H3,(H2,39,55)(H,49,53)(H,50,54)(H,51,57)(H,52,56)(H4,40,41,46)(H4,42,43,47)(H4,44,45,48)/b10-9-/t28-,29-,30-/m0/s1. The minimum absolute atomic E-state index is 0.0783. The summed E-state index contributed by atoms with van der Waals surface area (Å²) < 4.78 is 0.